The maximum atomic E-state index is 9.51. The molecule has 0 radical (unpaired) electrons. The monoisotopic (exact) mass is 144 g/mol. The summed E-state index contributed by atoms with van der Waals surface area (Å²) in [5, 5.41) is 10.8. The van der Waals surface area contributed by atoms with E-state index in [1.165, 1.54) is 0 Å². The lowest BCUT2D eigenvalue weighted by molar-refractivity contribution is 1.12. The smallest absolute Gasteiger partial charge is 0.0901 e. The first-order valence-electron chi connectivity index (χ1n) is 2.65. The van der Waals surface area contributed by atoms with Crippen LogP contribution in [-0.4, -0.2) is 18.1 Å². The molecule has 50 valence electrons. The Kier molecular flexibility index (Phi) is 6.98. The van der Waals surface area contributed by atoms with Crippen LogP contribution >= 0.6 is 11.8 Å². The van der Waals surface area contributed by atoms with Crippen LogP contribution in [0.25, 0.3) is 0 Å². The second-order valence-corrected chi connectivity index (χ2v) is 2.60. The predicted molar refractivity (Wildman–Crippen MR) is 38.2 cm³/mol. The van der Waals surface area contributed by atoms with Crippen molar-refractivity contribution < 1.29 is 0 Å². The second kappa shape index (κ2) is 7.44. The standard InChI is InChI=1S/C5H8N2OS/c6-2-1-4-9-5-3-7-8/h1,3-5H2. The molecule has 0 aromatic carbocycles. The van der Waals surface area contributed by atoms with E-state index in [0.29, 0.717) is 13.0 Å². The van der Waals surface area contributed by atoms with Crippen LogP contribution in [-0.2, 0) is 0 Å². The van der Waals surface area contributed by atoms with Crippen molar-refractivity contribution in [1.82, 2.24) is 0 Å². The van der Waals surface area contributed by atoms with E-state index in [0.717, 1.165) is 11.5 Å². The Bertz CT molecular complexity index is 110. The van der Waals surface area contributed by atoms with Gasteiger partial charge in [0.15, 0.2) is 0 Å². The number of nitriles is 1. The van der Waals surface area contributed by atoms with Crippen LogP contribution in [0, 0.1) is 16.2 Å². The lowest BCUT2D eigenvalue weighted by Gasteiger charge is -1.89. The summed E-state index contributed by atoms with van der Waals surface area (Å²) < 4.78 is 0. The van der Waals surface area contributed by atoms with Crippen LogP contribution < -0.4 is 0 Å². The van der Waals surface area contributed by atoms with Crippen molar-refractivity contribution in [2.24, 2.45) is 5.18 Å². The van der Waals surface area contributed by atoms with E-state index in [-0.39, 0.29) is 0 Å². The number of nitrogens with zero attached hydrogens (tertiary/aromatic N) is 2. The van der Waals surface area contributed by atoms with Gasteiger partial charge in [-0.2, -0.15) is 21.9 Å². The van der Waals surface area contributed by atoms with Gasteiger partial charge < -0.3 is 0 Å². The largest absolute Gasteiger partial charge is 0.198 e. The first-order valence-corrected chi connectivity index (χ1v) is 3.81. The maximum absolute atomic E-state index is 9.51. The summed E-state index contributed by atoms with van der Waals surface area (Å²) in [5.74, 6) is 1.55. The molecule has 0 aliphatic heterocycles. The summed E-state index contributed by atoms with van der Waals surface area (Å²) in [6.07, 6.45) is 0.559. The van der Waals surface area contributed by atoms with Crippen LogP contribution in [0.1, 0.15) is 6.42 Å². The quantitative estimate of drug-likeness (QED) is 0.433. The number of thioether (sulfide) groups is 1. The molecular weight excluding hydrogens is 136 g/mol. The van der Waals surface area contributed by atoms with Gasteiger partial charge in [0.1, 0.15) is 0 Å². The molecule has 3 nitrogen and oxygen atoms in total. The van der Waals surface area contributed by atoms with Gasteiger partial charge in [-0.1, -0.05) is 5.18 Å². The van der Waals surface area contributed by atoms with E-state index in [1.807, 2.05) is 6.07 Å². The van der Waals surface area contributed by atoms with E-state index in [1.54, 1.807) is 11.8 Å². The molecule has 0 amide bonds. The van der Waals surface area contributed by atoms with Gasteiger partial charge in [-0.05, 0) is 0 Å². The Morgan fingerprint density at radius 3 is 2.89 bits per heavy atom. The highest BCUT2D eigenvalue weighted by molar-refractivity contribution is 7.99. The summed E-state index contributed by atoms with van der Waals surface area (Å²) >= 11 is 1.59. The molecular formula is C5H8N2OS. The number of rotatable bonds is 5. The average molecular weight is 144 g/mol. The molecule has 0 aliphatic rings. The minimum atomic E-state index is 0.357. The fraction of sp³-hybridized carbons (Fsp3) is 0.800. The minimum Gasteiger partial charge on any atom is -0.198 e. The van der Waals surface area contributed by atoms with Crippen molar-refractivity contribution in [1.29, 1.82) is 5.26 Å². The molecule has 0 unspecified atom stereocenters. The Balaban J connectivity index is 2.76. The van der Waals surface area contributed by atoms with E-state index in [4.69, 9.17) is 5.26 Å². The molecule has 0 saturated carbocycles. The van der Waals surface area contributed by atoms with Crippen LogP contribution in [0.5, 0.6) is 0 Å². The summed E-state index contributed by atoms with van der Waals surface area (Å²) in [5.41, 5.74) is 0. The Hall–Kier alpha value is -0.560. The van der Waals surface area contributed by atoms with Gasteiger partial charge in [0, 0.05) is 17.9 Å². The minimum absolute atomic E-state index is 0.357. The van der Waals surface area contributed by atoms with Crippen LogP contribution in [0.3, 0.4) is 0 Å². The first-order chi connectivity index (χ1) is 4.41. The van der Waals surface area contributed by atoms with Gasteiger partial charge in [-0.3, -0.25) is 0 Å². The molecule has 4 heteroatoms. The maximum Gasteiger partial charge on any atom is 0.0901 e. The lowest BCUT2D eigenvalue weighted by Crippen LogP contribution is -1.84. The molecule has 0 N–H and O–H groups in total. The molecule has 0 aromatic heterocycles. The van der Waals surface area contributed by atoms with Crippen LogP contribution in [0.4, 0.5) is 0 Å². The third-order valence-corrected chi connectivity index (χ3v) is 1.65. The molecule has 9 heavy (non-hydrogen) atoms. The van der Waals surface area contributed by atoms with Gasteiger partial charge in [0.2, 0.25) is 0 Å². The Labute approximate surface area is 58.4 Å². The van der Waals surface area contributed by atoms with Crippen molar-refractivity contribution in [2.75, 3.05) is 18.1 Å². The zero-order valence-corrected chi connectivity index (χ0v) is 5.86. The van der Waals surface area contributed by atoms with Crippen molar-refractivity contribution in [3.63, 3.8) is 0 Å². The van der Waals surface area contributed by atoms with E-state index in [9.17, 15) is 4.91 Å². The van der Waals surface area contributed by atoms with Crippen molar-refractivity contribution in [3.8, 4) is 6.07 Å². The fourth-order valence-corrected chi connectivity index (χ4v) is 0.965. The molecule has 0 spiro atoms. The van der Waals surface area contributed by atoms with Crippen molar-refractivity contribution in [3.05, 3.63) is 4.91 Å². The summed E-state index contributed by atoms with van der Waals surface area (Å²) in [7, 11) is 0. The third-order valence-electron chi connectivity index (χ3n) is 0.685. The Morgan fingerprint density at radius 2 is 2.33 bits per heavy atom. The van der Waals surface area contributed by atoms with E-state index in [2.05, 4.69) is 5.18 Å². The topological polar surface area (TPSA) is 53.2 Å². The predicted octanol–water partition coefficient (Wildman–Crippen LogP) is 1.40. The fourth-order valence-electron chi connectivity index (χ4n) is 0.322. The Morgan fingerprint density at radius 1 is 1.56 bits per heavy atom. The van der Waals surface area contributed by atoms with Crippen molar-refractivity contribution >= 4 is 11.8 Å². The van der Waals surface area contributed by atoms with Crippen LogP contribution in [0.15, 0.2) is 5.18 Å². The summed E-state index contributed by atoms with van der Waals surface area (Å²) in [6.45, 7) is 0.357. The van der Waals surface area contributed by atoms with Gasteiger partial charge in [-0.25, -0.2) is 0 Å². The molecule has 0 saturated heterocycles. The number of hydrogen-bond donors (Lipinski definition) is 0. The number of nitroso groups, excluding NO2 is 1. The molecule has 0 rings (SSSR count). The molecule has 0 atom stereocenters. The second-order valence-electron chi connectivity index (χ2n) is 1.37. The summed E-state index contributed by atoms with van der Waals surface area (Å²) in [6, 6.07) is 2.02. The van der Waals surface area contributed by atoms with Gasteiger partial charge >= 0.3 is 0 Å². The molecule has 0 heterocycles. The molecule has 0 bridgehead atoms. The van der Waals surface area contributed by atoms with Gasteiger partial charge in [-0.15, -0.1) is 0 Å². The zero-order valence-electron chi connectivity index (χ0n) is 5.04. The highest BCUT2D eigenvalue weighted by atomic mass is 32.2. The van der Waals surface area contributed by atoms with Crippen molar-refractivity contribution in [2.45, 2.75) is 6.42 Å². The van der Waals surface area contributed by atoms with Crippen LogP contribution in [0.2, 0.25) is 0 Å². The molecule has 0 fully saturated rings. The SMILES string of the molecule is N#CCCSCCN=O. The molecule has 0 aromatic rings. The summed E-state index contributed by atoms with van der Waals surface area (Å²) in [4.78, 5) is 9.51. The van der Waals surface area contributed by atoms with Gasteiger partial charge in [0.05, 0.1) is 12.6 Å². The van der Waals surface area contributed by atoms with E-state index >= 15 is 0 Å². The average Bonchev–Trinajstić information content (AvgIpc) is 1.89. The number of hydrogen-bond acceptors (Lipinski definition) is 4. The highest BCUT2D eigenvalue weighted by Crippen LogP contribution is 2.00. The zero-order chi connectivity index (χ0) is 6.95. The first kappa shape index (κ1) is 8.44. The highest BCUT2D eigenvalue weighted by Gasteiger charge is 1.86. The molecule has 0 aliphatic carbocycles. The lowest BCUT2D eigenvalue weighted by atomic mass is 10.6. The van der Waals surface area contributed by atoms with Gasteiger partial charge in [0.25, 0.3) is 0 Å². The normalized spacial score (nSPS) is 8.33. The van der Waals surface area contributed by atoms with E-state index < -0.39 is 0 Å². The third kappa shape index (κ3) is 7.44.